The molecule has 0 aliphatic heterocycles. The van der Waals surface area contributed by atoms with Crippen molar-refractivity contribution >= 4 is 35.8 Å². The molecule has 10 heteroatoms. The summed E-state index contributed by atoms with van der Waals surface area (Å²) >= 11 is 0. The van der Waals surface area contributed by atoms with Crippen LogP contribution in [0.3, 0.4) is 0 Å². The maximum Gasteiger partial charge on any atom is 0.239 e. The molecule has 0 saturated heterocycles. The van der Waals surface area contributed by atoms with E-state index in [0.717, 1.165) is 18.1 Å². The molecule has 26 heavy (non-hydrogen) atoms. The van der Waals surface area contributed by atoms with Crippen molar-refractivity contribution in [2.75, 3.05) is 26.8 Å². The van der Waals surface area contributed by atoms with Crippen molar-refractivity contribution < 1.29 is 9.53 Å². The second-order valence-electron chi connectivity index (χ2n) is 6.81. The Kier molecular flexibility index (Phi) is 11.4. The molecule has 3 N–H and O–H groups in total. The maximum absolute atomic E-state index is 12.0. The number of guanidine groups is 1. The minimum absolute atomic E-state index is 0. The van der Waals surface area contributed by atoms with E-state index in [4.69, 9.17) is 4.74 Å². The molecule has 1 aromatic rings. The van der Waals surface area contributed by atoms with Crippen LogP contribution in [0.15, 0.2) is 4.99 Å². The van der Waals surface area contributed by atoms with Gasteiger partial charge in [-0.2, -0.15) is 0 Å². The highest BCUT2D eigenvalue weighted by molar-refractivity contribution is 14.0. The number of halogens is 1. The molecule has 0 spiro atoms. The first-order chi connectivity index (χ1) is 11.7. The lowest BCUT2D eigenvalue weighted by Gasteiger charge is -2.21. The van der Waals surface area contributed by atoms with E-state index in [9.17, 15) is 4.79 Å². The lowest BCUT2D eigenvalue weighted by Crippen LogP contribution is -2.48. The van der Waals surface area contributed by atoms with E-state index in [2.05, 4.69) is 31.1 Å². The topological polar surface area (TPSA) is 105 Å². The number of hydrogen-bond acceptors (Lipinski definition) is 5. The van der Waals surface area contributed by atoms with Crippen molar-refractivity contribution in [1.29, 1.82) is 0 Å². The number of hydrogen-bond donors (Lipinski definition) is 3. The number of rotatable bonds is 8. The number of methoxy groups -OCH3 is 1. The van der Waals surface area contributed by atoms with Gasteiger partial charge in [-0.25, -0.2) is 4.99 Å². The summed E-state index contributed by atoms with van der Waals surface area (Å²) in [6.45, 7) is 9.59. The second kappa shape index (κ2) is 12.0. The second-order valence-corrected chi connectivity index (χ2v) is 6.81. The summed E-state index contributed by atoms with van der Waals surface area (Å²) in [5, 5.41) is 17.3. The number of nitrogens with one attached hydrogen (secondary N) is 3. The first kappa shape index (κ1) is 24.6. The largest absolute Gasteiger partial charge is 0.385 e. The van der Waals surface area contributed by atoms with Crippen LogP contribution in [0.1, 0.15) is 38.8 Å². The molecule has 0 unspecified atom stereocenters. The monoisotopic (exact) mass is 481 g/mol. The van der Waals surface area contributed by atoms with E-state index in [1.807, 2.05) is 39.3 Å². The molecule has 0 aliphatic rings. The van der Waals surface area contributed by atoms with E-state index >= 15 is 0 Å². The van der Waals surface area contributed by atoms with Gasteiger partial charge in [0.05, 0.1) is 6.54 Å². The van der Waals surface area contributed by atoms with E-state index in [0.29, 0.717) is 25.7 Å². The van der Waals surface area contributed by atoms with E-state index in [1.54, 1.807) is 7.11 Å². The highest BCUT2D eigenvalue weighted by atomic mass is 127. The Morgan fingerprint density at radius 1 is 1.27 bits per heavy atom. The van der Waals surface area contributed by atoms with Gasteiger partial charge >= 0.3 is 0 Å². The summed E-state index contributed by atoms with van der Waals surface area (Å²) in [4.78, 5) is 16.5. The van der Waals surface area contributed by atoms with Gasteiger partial charge in [-0.3, -0.25) is 4.79 Å². The number of carbonyl (C=O) groups excluding carboxylic acids is 1. The van der Waals surface area contributed by atoms with Crippen LogP contribution in [0.5, 0.6) is 0 Å². The van der Waals surface area contributed by atoms with Gasteiger partial charge in [-0.15, -0.1) is 34.2 Å². The quantitative estimate of drug-likeness (QED) is 0.219. The molecule has 1 rings (SSSR count). The summed E-state index contributed by atoms with van der Waals surface area (Å²) in [7, 11) is 3.57. The fourth-order valence-electron chi connectivity index (χ4n) is 1.96. The molecule has 0 bridgehead atoms. The van der Waals surface area contributed by atoms with Crippen LogP contribution in [0.2, 0.25) is 0 Å². The minimum Gasteiger partial charge on any atom is -0.385 e. The Bertz CT molecular complexity index is 582. The molecule has 9 nitrogen and oxygen atoms in total. The van der Waals surface area contributed by atoms with Gasteiger partial charge in [0.1, 0.15) is 12.4 Å². The molecule has 1 amide bonds. The van der Waals surface area contributed by atoms with Crippen LogP contribution >= 0.6 is 24.0 Å². The lowest BCUT2D eigenvalue weighted by molar-refractivity contribution is -0.121. The predicted molar refractivity (Wildman–Crippen MR) is 113 cm³/mol. The van der Waals surface area contributed by atoms with Gasteiger partial charge in [0.25, 0.3) is 0 Å². The molecule has 1 aromatic heterocycles. The zero-order valence-corrected chi connectivity index (χ0v) is 18.9. The van der Waals surface area contributed by atoms with Gasteiger partial charge in [-0.05, 0) is 34.1 Å². The molecular formula is C16H32IN7O2. The average Bonchev–Trinajstić information content (AvgIpc) is 2.83. The highest BCUT2D eigenvalue weighted by Crippen LogP contribution is 1.99. The zero-order valence-electron chi connectivity index (χ0n) is 16.5. The predicted octanol–water partition coefficient (Wildman–Crippen LogP) is 0.728. The number of nitrogens with zero attached hydrogens (tertiary/aromatic N) is 4. The molecule has 1 heterocycles. The first-order valence-corrected chi connectivity index (χ1v) is 8.40. The number of aliphatic imine (C=N–C) groups is 1. The minimum atomic E-state index is -0.266. The fraction of sp³-hybridized carbons (Fsp3) is 0.750. The van der Waals surface area contributed by atoms with Gasteiger partial charge in [0.2, 0.25) is 5.91 Å². The first-order valence-electron chi connectivity index (χ1n) is 8.40. The molecule has 0 aromatic carbocycles. The van der Waals surface area contributed by atoms with Crippen LogP contribution in [0, 0.1) is 6.92 Å². The third kappa shape index (κ3) is 9.90. The van der Waals surface area contributed by atoms with Crippen LogP contribution in [-0.4, -0.2) is 59.0 Å². The van der Waals surface area contributed by atoms with Gasteiger partial charge in [0.15, 0.2) is 11.8 Å². The molecule has 0 radical (unpaired) electrons. The van der Waals surface area contributed by atoms with Crippen molar-refractivity contribution in [3.63, 3.8) is 0 Å². The molecule has 0 aliphatic carbocycles. The molecular weight excluding hydrogens is 449 g/mol. The normalized spacial score (nSPS) is 11.7. The molecule has 0 fully saturated rings. The van der Waals surface area contributed by atoms with Crippen LogP contribution in [0.4, 0.5) is 0 Å². The summed E-state index contributed by atoms with van der Waals surface area (Å²) in [6, 6.07) is 0. The number of aryl methyl sites for hydroxylation is 1. The Morgan fingerprint density at radius 2 is 1.96 bits per heavy atom. The summed E-state index contributed by atoms with van der Waals surface area (Å²) in [5.41, 5.74) is -0.266. The zero-order chi connectivity index (χ0) is 18.9. The number of carbonyl (C=O) groups is 1. The highest BCUT2D eigenvalue weighted by Gasteiger charge is 2.14. The molecule has 0 atom stereocenters. The summed E-state index contributed by atoms with van der Waals surface area (Å²) < 4.78 is 6.93. The van der Waals surface area contributed by atoms with Gasteiger partial charge in [0, 0.05) is 32.8 Å². The van der Waals surface area contributed by atoms with Crippen molar-refractivity contribution in [1.82, 2.24) is 30.7 Å². The summed E-state index contributed by atoms with van der Waals surface area (Å²) in [5.74, 6) is 2.06. The van der Waals surface area contributed by atoms with E-state index in [1.165, 1.54) is 0 Å². The lowest BCUT2D eigenvalue weighted by atomic mass is 10.1. The van der Waals surface area contributed by atoms with Crippen LogP contribution in [-0.2, 0) is 23.1 Å². The Balaban J connectivity index is 0.00000625. The summed E-state index contributed by atoms with van der Waals surface area (Å²) in [6.07, 6.45) is 0.842. The fourth-order valence-corrected chi connectivity index (χ4v) is 1.96. The SMILES string of the molecule is COCCCNC(=NCc1nnc(C)n1C)NCC(=O)NC(C)(C)C.I. The van der Waals surface area contributed by atoms with Crippen molar-refractivity contribution in [2.24, 2.45) is 12.0 Å². The smallest absolute Gasteiger partial charge is 0.239 e. The van der Waals surface area contributed by atoms with Crippen molar-refractivity contribution in [2.45, 2.75) is 46.2 Å². The average molecular weight is 481 g/mol. The van der Waals surface area contributed by atoms with E-state index in [-0.39, 0.29) is 42.0 Å². The molecule has 0 saturated carbocycles. The number of aromatic nitrogens is 3. The van der Waals surface area contributed by atoms with Crippen LogP contribution in [0.25, 0.3) is 0 Å². The molecule has 150 valence electrons. The van der Waals surface area contributed by atoms with Crippen LogP contribution < -0.4 is 16.0 Å². The Labute approximate surface area is 172 Å². The third-order valence-electron chi connectivity index (χ3n) is 3.31. The third-order valence-corrected chi connectivity index (χ3v) is 3.31. The number of ether oxygens (including phenoxy) is 1. The Hall–Kier alpha value is -1.43. The van der Waals surface area contributed by atoms with E-state index < -0.39 is 0 Å². The standard InChI is InChI=1S/C16H31N7O2.HI/c1-12-21-22-13(23(12)5)10-18-15(17-8-7-9-25-6)19-11-14(24)20-16(2,3)4;/h7-11H2,1-6H3,(H,20,24)(H2,17,18,19);1H. The number of amides is 1. The van der Waals surface area contributed by atoms with Gasteiger partial charge < -0.3 is 25.3 Å². The van der Waals surface area contributed by atoms with Crippen molar-refractivity contribution in [3.05, 3.63) is 11.6 Å². The van der Waals surface area contributed by atoms with Crippen molar-refractivity contribution in [3.8, 4) is 0 Å². The Morgan fingerprint density at radius 3 is 2.50 bits per heavy atom. The maximum atomic E-state index is 12.0. The van der Waals surface area contributed by atoms with Gasteiger partial charge in [-0.1, -0.05) is 0 Å².